The van der Waals surface area contributed by atoms with Gasteiger partial charge in [-0.2, -0.15) is 0 Å². The van der Waals surface area contributed by atoms with Gasteiger partial charge < -0.3 is 10.6 Å². The molecule has 1 aliphatic rings. The predicted molar refractivity (Wildman–Crippen MR) is 75.6 cm³/mol. The molecule has 2 rings (SSSR count). The fourth-order valence-corrected chi connectivity index (χ4v) is 3.09. The Morgan fingerprint density at radius 1 is 1.56 bits per heavy atom. The Hall–Kier alpha value is -0.870. The van der Waals surface area contributed by atoms with Crippen LogP contribution in [-0.4, -0.2) is 23.9 Å². The lowest BCUT2D eigenvalue weighted by atomic mass is 10.1. The molecule has 1 fully saturated rings. The first-order valence-corrected chi connectivity index (χ1v) is 7.38. The maximum atomic E-state index is 12.2. The molecule has 0 spiro atoms. The molecule has 1 amide bonds. The average Bonchev–Trinajstić information content (AvgIpc) is 3.10. The maximum Gasteiger partial charge on any atom is 0.224 e. The summed E-state index contributed by atoms with van der Waals surface area (Å²) in [6.07, 6.45) is 2.87. The summed E-state index contributed by atoms with van der Waals surface area (Å²) in [4.78, 5) is 16.5. The van der Waals surface area contributed by atoms with Gasteiger partial charge in [-0.05, 0) is 44.7 Å². The van der Waals surface area contributed by atoms with Crippen molar-refractivity contribution >= 4 is 17.2 Å². The number of amides is 1. The van der Waals surface area contributed by atoms with Crippen LogP contribution in [0, 0.1) is 12.8 Å². The summed E-state index contributed by atoms with van der Waals surface area (Å²) < 4.78 is 0. The van der Waals surface area contributed by atoms with Gasteiger partial charge in [0.05, 0.1) is 6.04 Å². The topological polar surface area (TPSA) is 46.3 Å². The molecule has 100 valence electrons. The Balaban J connectivity index is 1.92. The predicted octanol–water partition coefficient (Wildman–Crippen LogP) is 2.70. The third-order valence-corrected chi connectivity index (χ3v) is 4.96. The maximum absolute atomic E-state index is 12.2. The van der Waals surface area contributed by atoms with Crippen LogP contribution < -0.4 is 5.73 Å². The van der Waals surface area contributed by atoms with Gasteiger partial charge >= 0.3 is 0 Å². The van der Waals surface area contributed by atoms with Gasteiger partial charge in [0, 0.05) is 29.3 Å². The number of hydrogen-bond donors (Lipinski definition) is 1. The van der Waals surface area contributed by atoms with E-state index in [0.717, 1.165) is 0 Å². The van der Waals surface area contributed by atoms with Crippen LogP contribution in [0.15, 0.2) is 12.1 Å². The SMILES string of the molecule is Cc1ccc(C(C)N(C)C(=O)CC(N)C2CC2)s1. The Labute approximate surface area is 113 Å². The lowest BCUT2D eigenvalue weighted by molar-refractivity contribution is -0.132. The molecule has 0 saturated heterocycles. The molecule has 1 aromatic rings. The van der Waals surface area contributed by atoms with E-state index in [1.165, 1.54) is 22.6 Å². The van der Waals surface area contributed by atoms with Gasteiger partial charge in [0.15, 0.2) is 0 Å². The van der Waals surface area contributed by atoms with Crippen LogP contribution in [0.3, 0.4) is 0 Å². The second kappa shape index (κ2) is 5.41. The van der Waals surface area contributed by atoms with Gasteiger partial charge in [0.25, 0.3) is 0 Å². The number of nitrogens with two attached hydrogens (primary N) is 1. The molecule has 0 aliphatic heterocycles. The molecule has 1 saturated carbocycles. The van der Waals surface area contributed by atoms with Gasteiger partial charge in [-0.3, -0.25) is 4.79 Å². The van der Waals surface area contributed by atoms with Crippen LogP contribution >= 0.6 is 11.3 Å². The summed E-state index contributed by atoms with van der Waals surface area (Å²) in [7, 11) is 1.88. The summed E-state index contributed by atoms with van der Waals surface area (Å²) in [6.45, 7) is 4.16. The molecule has 1 heterocycles. The third kappa shape index (κ3) is 3.12. The quantitative estimate of drug-likeness (QED) is 0.890. The molecule has 0 radical (unpaired) electrons. The molecule has 2 N–H and O–H groups in total. The zero-order valence-corrected chi connectivity index (χ0v) is 12.2. The fourth-order valence-electron chi connectivity index (χ4n) is 2.12. The normalized spacial score (nSPS) is 18.4. The van der Waals surface area contributed by atoms with Crippen molar-refractivity contribution in [3.63, 3.8) is 0 Å². The van der Waals surface area contributed by atoms with Crippen molar-refractivity contribution in [1.29, 1.82) is 0 Å². The van der Waals surface area contributed by atoms with Crippen molar-refractivity contribution in [2.75, 3.05) is 7.05 Å². The summed E-state index contributed by atoms with van der Waals surface area (Å²) >= 11 is 1.75. The van der Waals surface area contributed by atoms with Crippen molar-refractivity contribution in [3.8, 4) is 0 Å². The number of nitrogens with zero attached hydrogens (tertiary/aromatic N) is 1. The molecular weight excluding hydrogens is 244 g/mol. The lowest BCUT2D eigenvalue weighted by Gasteiger charge is -2.25. The van der Waals surface area contributed by atoms with Crippen molar-refractivity contribution in [2.45, 2.75) is 45.2 Å². The van der Waals surface area contributed by atoms with Gasteiger partial charge in [-0.15, -0.1) is 11.3 Å². The number of rotatable bonds is 5. The van der Waals surface area contributed by atoms with Gasteiger partial charge in [0.1, 0.15) is 0 Å². The highest BCUT2D eigenvalue weighted by Crippen LogP contribution is 2.33. The van der Waals surface area contributed by atoms with E-state index in [1.54, 1.807) is 11.3 Å². The molecule has 1 aliphatic carbocycles. The van der Waals surface area contributed by atoms with E-state index in [1.807, 2.05) is 11.9 Å². The molecule has 0 bridgehead atoms. The Bertz CT molecular complexity index is 425. The van der Waals surface area contributed by atoms with E-state index in [2.05, 4.69) is 26.0 Å². The third-order valence-electron chi connectivity index (χ3n) is 3.79. The molecule has 3 nitrogen and oxygen atoms in total. The molecule has 18 heavy (non-hydrogen) atoms. The fraction of sp³-hybridized carbons (Fsp3) is 0.643. The average molecular weight is 266 g/mol. The van der Waals surface area contributed by atoms with Crippen LogP contribution in [0.5, 0.6) is 0 Å². The summed E-state index contributed by atoms with van der Waals surface area (Å²) in [5.41, 5.74) is 6.02. The number of aryl methyl sites for hydroxylation is 1. The second-order valence-electron chi connectivity index (χ2n) is 5.33. The highest BCUT2D eigenvalue weighted by atomic mass is 32.1. The van der Waals surface area contributed by atoms with E-state index >= 15 is 0 Å². The van der Waals surface area contributed by atoms with Gasteiger partial charge in [-0.1, -0.05) is 0 Å². The molecule has 2 atom stereocenters. The Morgan fingerprint density at radius 3 is 2.72 bits per heavy atom. The highest BCUT2D eigenvalue weighted by molar-refractivity contribution is 7.12. The number of carbonyl (C=O) groups excluding carboxylic acids is 1. The van der Waals surface area contributed by atoms with Gasteiger partial charge in [-0.25, -0.2) is 0 Å². The van der Waals surface area contributed by atoms with E-state index in [9.17, 15) is 4.79 Å². The number of thiophene rings is 1. The lowest BCUT2D eigenvalue weighted by Crippen LogP contribution is -2.35. The van der Waals surface area contributed by atoms with Crippen molar-refractivity contribution in [3.05, 3.63) is 21.9 Å². The van der Waals surface area contributed by atoms with E-state index in [-0.39, 0.29) is 18.0 Å². The summed E-state index contributed by atoms with van der Waals surface area (Å²) in [5.74, 6) is 0.745. The van der Waals surface area contributed by atoms with Crippen LogP contribution in [-0.2, 0) is 4.79 Å². The minimum absolute atomic E-state index is 0.0530. The first kappa shape index (κ1) is 13.6. The molecular formula is C14H22N2OS. The smallest absolute Gasteiger partial charge is 0.224 e. The van der Waals surface area contributed by atoms with E-state index < -0.39 is 0 Å². The standard InChI is InChI=1S/C14H22N2OS/c1-9-4-7-13(18-9)10(2)16(3)14(17)8-12(15)11-5-6-11/h4,7,10-12H,5-6,8,15H2,1-3H3. The first-order valence-electron chi connectivity index (χ1n) is 6.56. The highest BCUT2D eigenvalue weighted by Gasteiger charge is 2.31. The Morgan fingerprint density at radius 2 is 2.22 bits per heavy atom. The zero-order valence-electron chi connectivity index (χ0n) is 11.3. The van der Waals surface area contributed by atoms with Crippen molar-refractivity contribution < 1.29 is 4.79 Å². The van der Waals surface area contributed by atoms with Gasteiger partial charge in [0.2, 0.25) is 5.91 Å². The largest absolute Gasteiger partial charge is 0.338 e. The molecule has 1 aromatic heterocycles. The van der Waals surface area contributed by atoms with Crippen LogP contribution in [0.4, 0.5) is 0 Å². The minimum atomic E-state index is 0.0530. The number of carbonyl (C=O) groups is 1. The van der Waals surface area contributed by atoms with Crippen LogP contribution in [0.1, 0.15) is 42.0 Å². The van der Waals surface area contributed by atoms with Crippen LogP contribution in [0.25, 0.3) is 0 Å². The molecule has 4 heteroatoms. The van der Waals surface area contributed by atoms with Crippen molar-refractivity contribution in [2.24, 2.45) is 11.7 Å². The second-order valence-corrected chi connectivity index (χ2v) is 6.65. The van der Waals surface area contributed by atoms with E-state index in [4.69, 9.17) is 5.73 Å². The van der Waals surface area contributed by atoms with Crippen molar-refractivity contribution in [1.82, 2.24) is 4.90 Å². The molecule has 0 aromatic carbocycles. The summed E-state index contributed by atoms with van der Waals surface area (Å²) in [5, 5.41) is 0. The van der Waals surface area contributed by atoms with Crippen LogP contribution in [0.2, 0.25) is 0 Å². The minimum Gasteiger partial charge on any atom is -0.338 e. The molecule has 2 unspecified atom stereocenters. The van der Waals surface area contributed by atoms with E-state index in [0.29, 0.717) is 12.3 Å². The number of hydrogen-bond acceptors (Lipinski definition) is 3. The first-order chi connectivity index (χ1) is 8.49. The zero-order chi connectivity index (χ0) is 13.3. The Kier molecular flexibility index (Phi) is 4.07. The monoisotopic (exact) mass is 266 g/mol. The summed E-state index contributed by atoms with van der Waals surface area (Å²) in [6, 6.07) is 4.40.